The van der Waals surface area contributed by atoms with Gasteiger partial charge in [0.2, 0.25) is 0 Å². The predicted molar refractivity (Wildman–Crippen MR) is 234 cm³/mol. The van der Waals surface area contributed by atoms with Gasteiger partial charge in [0.05, 0.1) is 16.6 Å². The highest BCUT2D eigenvalue weighted by Gasteiger charge is 2.22. The summed E-state index contributed by atoms with van der Waals surface area (Å²) >= 11 is 3.69. The van der Waals surface area contributed by atoms with Crippen molar-refractivity contribution >= 4 is 112 Å². The summed E-state index contributed by atoms with van der Waals surface area (Å²) in [5.74, 6) is 1.99. The van der Waals surface area contributed by atoms with Crippen LogP contribution in [0.4, 0.5) is 0 Å². The lowest BCUT2D eigenvalue weighted by Gasteiger charge is -2.11. The van der Waals surface area contributed by atoms with E-state index < -0.39 is 0 Å². The molecule has 6 heteroatoms. The SMILES string of the molecule is c1ccc2c(-c3nc(-c4ccc5c(c4)c4ccc6sc7cccc8c9ccccc9n5c4c6c78)nc(-c4cccc5sc6ccccc6c45)n3)cccc2c1. The third kappa shape index (κ3) is 4.07. The van der Waals surface area contributed by atoms with Gasteiger partial charge in [-0.2, -0.15) is 0 Å². The number of thiophene rings is 2. The number of aromatic nitrogens is 4. The molecule has 254 valence electrons. The highest BCUT2D eigenvalue weighted by atomic mass is 32.1. The molecule has 0 unspecified atom stereocenters. The minimum atomic E-state index is 0.657. The van der Waals surface area contributed by atoms with Crippen LogP contribution in [-0.2, 0) is 0 Å². The molecule has 0 amide bonds. The van der Waals surface area contributed by atoms with Crippen LogP contribution in [0.25, 0.3) is 123 Å². The molecule has 13 rings (SSSR count). The summed E-state index contributed by atoms with van der Waals surface area (Å²) in [7, 11) is 0. The van der Waals surface area contributed by atoms with Crippen LogP contribution < -0.4 is 0 Å². The largest absolute Gasteiger partial charge is 0.308 e. The third-order valence-corrected chi connectivity index (χ3v) is 13.6. The van der Waals surface area contributed by atoms with Gasteiger partial charge in [0.15, 0.2) is 17.5 Å². The van der Waals surface area contributed by atoms with E-state index >= 15 is 0 Å². The first-order valence-electron chi connectivity index (χ1n) is 18.4. The molecule has 0 atom stereocenters. The van der Waals surface area contributed by atoms with Crippen LogP contribution >= 0.6 is 22.7 Å². The Hall–Kier alpha value is -6.73. The van der Waals surface area contributed by atoms with Crippen LogP contribution in [-0.4, -0.2) is 19.4 Å². The van der Waals surface area contributed by atoms with Gasteiger partial charge in [-0.1, -0.05) is 109 Å². The lowest BCUT2D eigenvalue weighted by atomic mass is 10.0. The van der Waals surface area contributed by atoms with Gasteiger partial charge in [-0.15, -0.1) is 22.7 Å². The van der Waals surface area contributed by atoms with Crippen molar-refractivity contribution in [1.29, 1.82) is 0 Å². The van der Waals surface area contributed by atoms with Crippen molar-refractivity contribution in [3.05, 3.63) is 158 Å². The highest BCUT2D eigenvalue weighted by molar-refractivity contribution is 7.26. The average molecular weight is 735 g/mol. The highest BCUT2D eigenvalue weighted by Crippen LogP contribution is 2.47. The molecular formula is C49H26N4S2. The Morgan fingerprint density at radius 1 is 0.364 bits per heavy atom. The van der Waals surface area contributed by atoms with Crippen molar-refractivity contribution in [1.82, 2.24) is 19.4 Å². The molecule has 13 aromatic rings. The van der Waals surface area contributed by atoms with Crippen molar-refractivity contribution in [2.75, 3.05) is 0 Å². The Morgan fingerprint density at radius 2 is 0.982 bits per heavy atom. The number of benzene rings is 8. The summed E-state index contributed by atoms with van der Waals surface area (Å²) in [5, 5.41) is 12.3. The van der Waals surface area contributed by atoms with Gasteiger partial charge in [-0.05, 0) is 64.7 Å². The zero-order valence-electron chi connectivity index (χ0n) is 29.1. The van der Waals surface area contributed by atoms with Gasteiger partial charge < -0.3 is 4.40 Å². The quantitative estimate of drug-likeness (QED) is 0.181. The number of hydrogen-bond donors (Lipinski definition) is 0. The molecule has 0 bridgehead atoms. The van der Waals surface area contributed by atoms with Gasteiger partial charge in [-0.25, -0.2) is 15.0 Å². The molecule has 5 aromatic heterocycles. The van der Waals surface area contributed by atoms with E-state index in [2.05, 4.69) is 162 Å². The Bertz CT molecular complexity index is 3720. The lowest BCUT2D eigenvalue weighted by Crippen LogP contribution is -2.01. The van der Waals surface area contributed by atoms with Crippen molar-refractivity contribution < 1.29 is 0 Å². The maximum Gasteiger partial charge on any atom is 0.164 e. The maximum atomic E-state index is 5.34. The number of nitrogens with zero attached hydrogens (tertiary/aromatic N) is 4. The lowest BCUT2D eigenvalue weighted by molar-refractivity contribution is 1.08. The Labute approximate surface area is 321 Å². The summed E-state index contributed by atoms with van der Waals surface area (Å²) in [4.78, 5) is 15.9. The van der Waals surface area contributed by atoms with Crippen molar-refractivity contribution in [3.8, 4) is 34.2 Å². The van der Waals surface area contributed by atoms with Gasteiger partial charge in [-0.3, -0.25) is 0 Å². The van der Waals surface area contributed by atoms with Crippen LogP contribution in [0.2, 0.25) is 0 Å². The van der Waals surface area contributed by atoms with Crippen molar-refractivity contribution in [2.45, 2.75) is 0 Å². The molecule has 5 heterocycles. The Balaban J connectivity index is 1.13. The minimum Gasteiger partial charge on any atom is -0.308 e. The van der Waals surface area contributed by atoms with E-state index in [1.807, 2.05) is 22.7 Å². The van der Waals surface area contributed by atoms with Crippen LogP contribution in [0.1, 0.15) is 0 Å². The van der Waals surface area contributed by atoms with Crippen LogP contribution in [0.3, 0.4) is 0 Å². The summed E-state index contributed by atoms with van der Waals surface area (Å²) in [5.41, 5.74) is 6.60. The maximum absolute atomic E-state index is 5.34. The minimum absolute atomic E-state index is 0.657. The first-order chi connectivity index (χ1) is 27.3. The molecule has 0 saturated carbocycles. The Morgan fingerprint density at radius 3 is 1.91 bits per heavy atom. The average Bonchev–Trinajstić information content (AvgIpc) is 3.90. The van der Waals surface area contributed by atoms with E-state index in [1.54, 1.807) is 0 Å². The second-order valence-electron chi connectivity index (χ2n) is 14.3. The fourth-order valence-electron chi connectivity index (χ4n) is 9.05. The van der Waals surface area contributed by atoms with Gasteiger partial charge in [0.25, 0.3) is 0 Å². The van der Waals surface area contributed by atoms with E-state index in [0.717, 1.165) is 27.5 Å². The van der Waals surface area contributed by atoms with E-state index in [0.29, 0.717) is 17.5 Å². The second-order valence-corrected chi connectivity index (χ2v) is 16.5. The van der Waals surface area contributed by atoms with Crippen molar-refractivity contribution in [2.24, 2.45) is 0 Å². The summed E-state index contributed by atoms with van der Waals surface area (Å²) in [6.45, 7) is 0. The molecule has 0 aliphatic rings. The van der Waals surface area contributed by atoms with E-state index in [9.17, 15) is 0 Å². The van der Waals surface area contributed by atoms with Crippen LogP contribution in [0.15, 0.2) is 158 Å². The molecular weight excluding hydrogens is 709 g/mol. The second kappa shape index (κ2) is 10.9. The van der Waals surface area contributed by atoms with Crippen LogP contribution in [0.5, 0.6) is 0 Å². The molecule has 8 aromatic carbocycles. The molecule has 0 radical (unpaired) electrons. The molecule has 0 aliphatic heterocycles. The number of fused-ring (bicyclic) bond motifs is 10. The van der Waals surface area contributed by atoms with Gasteiger partial charge in [0, 0.05) is 73.2 Å². The first kappa shape index (κ1) is 29.7. The summed E-state index contributed by atoms with van der Waals surface area (Å²) < 4.78 is 7.59. The molecule has 0 aliphatic carbocycles. The van der Waals surface area contributed by atoms with E-state index in [4.69, 9.17) is 15.0 Å². The fourth-order valence-corrected chi connectivity index (χ4v) is 11.3. The molecule has 0 N–H and O–H groups in total. The first-order valence-corrected chi connectivity index (χ1v) is 20.1. The number of para-hydroxylation sites is 1. The monoisotopic (exact) mass is 734 g/mol. The smallest absolute Gasteiger partial charge is 0.164 e. The number of hydrogen-bond acceptors (Lipinski definition) is 5. The van der Waals surface area contributed by atoms with Crippen molar-refractivity contribution in [3.63, 3.8) is 0 Å². The standard InChI is InChI=1S/C49H26N4S2/c1-2-12-29-27(10-1)11-7-16-33(29)48-50-47(51-49(52-48)35-17-9-20-40-43(35)34-14-4-6-19-39(34)54-40)28-22-24-38-36(26-28)32-23-25-42-45-44-31(15-8-21-41(44)55-42)30-13-3-5-18-37(30)53(38)46(32)45/h1-26H. The molecule has 0 spiro atoms. The number of rotatable bonds is 3. The van der Waals surface area contributed by atoms with Gasteiger partial charge in [0.1, 0.15) is 0 Å². The summed E-state index contributed by atoms with van der Waals surface area (Å²) in [6.07, 6.45) is 0. The topological polar surface area (TPSA) is 43.1 Å². The fraction of sp³-hybridized carbons (Fsp3) is 0. The third-order valence-electron chi connectivity index (χ3n) is 11.4. The predicted octanol–water partition coefficient (Wildman–Crippen LogP) is 13.9. The van der Waals surface area contributed by atoms with E-state index in [1.165, 1.54) is 78.4 Å². The summed E-state index contributed by atoms with van der Waals surface area (Å²) in [6, 6.07) is 56.9. The zero-order chi connectivity index (χ0) is 35.8. The van der Waals surface area contributed by atoms with Gasteiger partial charge >= 0.3 is 0 Å². The zero-order valence-corrected chi connectivity index (χ0v) is 30.7. The molecule has 4 nitrogen and oxygen atoms in total. The van der Waals surface area contributed by atoms with E-state index in [-0.39, 0.29) is 0 Å². The van der Waals surface area contributed by atoms with Crippen LogP contribution in [0, 0.1) is 0 Å². The molecule has 0 saturated heterocycles. The normalized spacial score (nSPS) is 12.4. The molecule has 0 fully saturated rings. The molecule has 55 heavy (non-hydrogen) atoms. The Kier molecular flexibility index (Phi) is 5.90.